The Balaban J connectivity index is 1.63. The van der Waals surface area contributed by atoms with E-state index < -0.39 is 0 Å². The molecule has 0 spiro atoms. The lowest BCUT2D eigenvalue weighted by Crippen LogP contribution is -2.25. The van der Waals surface area contributed by atoms with Crippen LogP contribution in [0.1, 0.15) is 52.7 Å². The molecule has 0 radical (unpaired) electrons. The number of aryl methyl sites for hydroxylation is 2. The van der Waals surface area contributed by atoms with Crippen LogP contribution in [0.3, 0.4) is 0 Å². The fourth-order valence-electron chi connectivity index (χ4n) is 3.15. The van der Waals surface area contributed by atoms with Crippen LogP contribution >= 0.6 is 0 Å². The van der Waals surface area contributed by atoms with Crippen molar-refractivity contribution in [2.45, 2.75) is 46.2 Å². The zero-order valence-corrected chi connectivity index (χ0v) is 14.7. The van der Waals surface area contributed by atoms with Crippen molar-refractivity contribution >= 4 is 11.8 Å². The highest BCUT2D eigenvalue weighted by molar-refractivity contribution is 5.96. The van der Waals surface area contributed by atoms with Gasteiger partial charge in [-0.15, -0.1) is 0 Å². The Morgan fingerprint density at radius 3 is 2.88 bits per heavy atom. The summed E-state index contributed by atoms with van der Waals surface area (Å²) in [7, 11) is 0. The van der Waals surface area contributed by atoms with Gasteiger partial charge in [-0.2, -0.15) is 0 Å². The number of rotatable bonds is 6. The Hall–Kier alpha value is -2.63. The Bertz CT molecular complexity index is 782. The number of nitrogens with zero attached hydrogens (tertiary/aromatic N) is 2. The lowest BCUT2D eigenvalue weighted by molar-refractivity contribution is -0.128. The van der Waals surface area contributed by atoms with Crippen molar-refractivity contribution in [1.82, 2.24) is 15.4 Å². The molecule has 1 N–H and O–H groups in total. The summed E-state index contributed by atoms with van der Waals surface area (Å²) in [5.74, 6) is 0.653. The molecule has 2 amide bonds. The van der Waals surface area contributed by atoms with Gasteiger partial charge in [0, 0.05) is 32.5 Å². The summed E-state index contributed by atoms with van der Waals surface area (Å²) in [6.45, 7) is 5.58. The molecule has 6 heteroatoms. The van der Waals surface area contributed by atoms with E-state index >= 15 is 0 Å². The van der Waals surface area contributed by atoms with Gasteiger partial charge in [0.25, 0.3) is 5.91 Å². The van der Waals surface area contributed by atoms with Crippen LogP contribution in [0.5, 0.6) is 0 Å². The van der Waals surface area contributed by atoms with Crippen molar-refractivity contribution in [3.8, 4) is 0 Å². The summed E-state index contributed by atoms with van der Waals surface area (Å²) in [6, 6.07) is 7.97. The summed E-state index contributed by atoms with van der Waals surface area (Å²) >= 11 is 0. The van der Waals surface area contributed by atoms with Gasteiger partial charge in [-0.05, 0) is 24.5 Å². The number of likely N-dealkylation sites (tertiary alicyclic amines) is 1. The minimum absolute atomic E-state index is 0.171. The Labute approximate surface area is 147 Å². The van der Waals surface area contributed by atoms with E-state index in [2.05, 4.69) is 10.5 Å². The summed E-state index contributed by atoms with van der Waals surface area (Å²) in [5.41, 5.74) is 3.22. The average Bonchev–Trinajstić information content (AvgIpc) is 3.18. The number of hydrogen-bond donors (Lipinski definition) is 1. The molecule has 6 nitrogen and oxygen atoms in total. The van der Waals surface area contributed by atoms with Crippen LogP contribution in [-0.2, 0) is 24.3 Å². The van der Waals surface area contributed by atoms with Crippen LogP contribution in [0.2, 0.25) is 0 Å². The molecule has 132 valence electrons. The van der Waals surface area contributed by atoms with E-state index in [1.165, 1.54) is 0 Å². The molecule has 2 heterocycles. The maximum atomic E-state index is 12.4. The lowest BCUT2D eigenvalue weighted by atomic mass is 10.1. The number of carbonyl (C=O) groups is 2. The SMILES string of the molecule is CCc1onc(C)c1C(=O)NCc1cccc(CN2CCCC2=O)c1. The van der Waals surface area contributed by atoms with Gasteiger partial charge in [-0.1, -0.05) is 36.3 Å². The predicted octanol–water partition coefficient (Wildman–Crippen LogP) is 2.60. The van der Waals surface area contributed by atoms with Crippen molar-refractivity contribution in [3.05, 3.63) is 52.4 Å². The Morgan fingerprint density at radius 1 is 1.36 bits per heavy atom. The van der Waals surface area contributed by atoms with E-state index in [1.54, 1.807) is 6.92 Å². The lowest BCUT2D eigenvalue weighted by Gasteiger charge is -2.16. The molecule has 2 aromatic rings. The van der Waals surface area contributed by atoms with Crippen molar-refractivity contribution in [3.63, 3.8) is 0 Å². The number of aromatic nitrogens is 1. The second-order valence-electron chi connectivity index (χ2n) is 6.34. The zero-order chi connectivity index (χ0) is 17.8. The molecule has 1 saturated heterocycles. The first-order chi connectivity index (χ1) is 12.1. The van der Waals surface area contributed by atoms with Gasteiger partial charge in [-0.3, -0.25) is 9.59 Å². The van der Waals surface area contributed by atoms with Gasteiger partial charge < -0.3 is 14.7 Å². The molecule has 3 rings (SSSR count). The average molecular weight is 341 g/mol. The van der Waals surface area contributed by atoms with Gasteiger partial charge in [0.2, 0.25) is 5.91 Å². The maximum absolute atomic E-state index is 12.4. The van der Waals surface area contributed by atoms with E-state index in [0.29, 0.717) is 42.9 Å². The molecule has 25 heavy (non-hydrogen) atoms. The summed E-state index contributed by atoms with van der Waals surface area (Å²) in [6.07, 6.45) is 2.21. The summed E-state index contributed by atoms with van der Waals surface area (Å²) in [5, 5.41) is 6.80. The van der Waals surface area contributed by atoms with Crippen LogP contribution in [0.15, 0.2) is 28.8 Å². The normalized spacial score (nSPS) is 14.2. The number of nitrogens with one attached hydrogen (secondary N) is 1. The van der Waals surface area contributed by atoms with Crippen molar-refractivity contribution in [1.29, 1.82) is 0 Å². The van der Waals surface area contributed by atoms with Crippen molar-refractivity contribution in [2.24, 2.45) is 0 Å². The molecule has 1 aliphatic heterocycles. The van der Waals surface area contributed by atoms with Crippen LogP contribution in [-0.4, -0.2) is 28.4 Å². The van der Waals surface area contributed by atoms with Crippen LogP contribution in [0.25, 0.3) is 0 Å². The fourth-order valence-corrected chi connectivity index (χ4v) is 3.15. The molecule has 0 unspecified atom stereocenters. The van der Waals surface area contributed by atoms with Gasteiger partial charge >= 0.3 is 0 Å². The highest BCUT2D eigenvalue weighted by Gasteiger charge is 2.20. The van der Waals surface area contributed by atoms with E-state index in [4.69, 9.17) is 4.52 Å². The molecule has 1 aliphatic rings. The second-order valence-corrected chi connectivity index (χ2v) is 6.34. The van der Waals surface area contributed by atoms with E-state index in [1.807, 2.05) is 36.1 Å². The van der Waals surface area contributed by atoms with E-state index in [-0.39, 0.29) is 11.8 Å². The fraction of sp³-hybridized carbons (Fsp3) is 0.421. The zero-order valence-electron chi connectivity index (χ0n) is 14.7. The largest absolute Gasteiger partial charge is 0.360 e. The quantitative estimate of drug-likeness (QED) is 0.876. The van der Waals surface area contributed by atoms with Crippen molar-refractivity contribution in [2.75, 3.05) is 6.54 Å². The molecule has 0 bridgehead atoms. The van der Waals surface area contributed by atoms with Crippen LogP contribution in [0, 0.1) is 6.92 Å². The Kier molecular flexibility index (Phi) is 5.16. The third-order valence-corrected chi connectivity index (χ3v) is 4.47. The first-order valence-electron chi connectivity index (χ1n) is 8.67. The summed E-state index contributed by atoms with van der Waals surface area (Å²) < 4.78 is 5.17. The molecule has 1 fully saturated rings. The predicted molar refractivity (Wildman–Crippen MR) is 92.9 cm³/mol. The van der Waals surface area contributed by atoms with Gasteiger partial charge in [0.1, 0.15) is 11.3 Å². The number of hydrogen-bond acceptors (Lipinski definition) is 4. The van der Waals surface area contributed by atoms with Crippen LogP contribution < -0.4 is 5.32 Å². The topological polar surface area (TPSA) is 75.4 Å². The highest BCUT2D eigenvalue weighted by Crippen LogP contribution is 2.16. The highest BCUT2D eigenvalue weighted by atomic mass is 16.5. The molecular formula is C19H23N3O3. The van der Waals surface area contributed by atoms with Gasteiger partial charge in [-0.25, -0.2) is 0 Å². The third-order valence-electron chi connectivity index (χ3n) is 4.47. The first kappa shape index (κ1) is 17.2. The molecular weight excluding hydrogens is 318 g/mol. The monoisotopic (exact) mass is 341 g/mol. The Morgan fingerprint density at radius 2 is 2.16 bits per heavy atom. The molecule has 0 atom stereocenters. The van der Waals surface area contributed by atoms with E-state index in [9.17, 15) is 9.59 Å². The van der Waals surface area contributed by atoms with Crippen molar-refractivity contribution < 1.29 is 14.1 Å². The number of carbonyl (C=O) groups excluding carboxylic acids is 2. The maximum Gasteiger partial charge on any atom is 0.257 e. The van der Waals surface area contributed by atoms with Gasteiger partial charge in [0.15, 0.2) is 0 Å². The minimum atomic E-state index is -0.171. The minimum Gasteiger partial charge on any atom is -0.360 e. The molecule has 0 saturated carbocycles. The number of benzene rings is 1. The standard InChI is InChI=1S/C19H23N3O3/c1-3-16-18(13(2)21-25-16)19(24)20-11-14-6-4-7-15(10-14)12-22-9-5-8-17(22)23/h4,6-7,10H,3,5,8-9,11-12H2,1-2H3,(H,20,24). The molecule has 1 aromatic heterocycles. The summed E-state index contributed by atoms with van der Waals surface area (Å²) in [4.78, 5) is 26.1. The third kappa shape index (κ3) is 3.90. The smallest absolute Gasteiger partial charge is 0.257 e. The second kappa shape index (κ2) is 7.51. The first-order valence-corrected chi connectivity index (χ1v) is 8.67. The van der Waals surface area contributed by atoms with Crippen LogP contribution in [0.4, 0.5) is 0 Å². The number of amides is 2. The van der Waals surface area contributed by atoms with Gasteiger partial charge in [0.05, 0.1) is 5.69 Å². The molecule has 0 aliphatic carbocycles. The van der Waals surface area contributed by atoms with E-state index in [0.717, 1.165) is 24.1 Å². The molecule has 1 aromatic carbocycles.